The second-order valence-electron chi connectivity index (χ2n) is 7.29. The van der Waals surface area contributed by atoms with Gasteiger partial charge in [-0.25, -0.2) is 12.8 Å². The molecule has 4 aromatic rings. The Morgan fingerprint density at radius 3 is 2.33 bits per heavy atom. The maximum absolute atomic E-state index is 13.6. The van der Waals surface area contributed by atoms with Gasteiger partial charge in [-0.05, 0) is 61.5 Å². The highest BCUT2D eigenvalue weighted by atomic mass is 35.5. The number of rotatable bonds is 6. The molecule has 0 radical (unpaired) electrons. The quantitative estimate of drug-likeness (QED) is 0.306. The van der Waals surface area contributed by atoms with E-state index in [4.69, 9.17) is 17.3 Å². The van der Waals surface area contributed by atoms with Crippen molar-refractivity contribution in [1.29, 1.82) is 0 Å². The van der Waals surface area contributed by atoms with Crippen LogP contribution in [0.2, 0.25) is 5.02 Å². The number of hydrogen-bond donors (Lipinski definition) is 2. The Morgan fingerprint density at radius 2 is 1.70 bits per heavy atom. The standard InChI is InChI=1S/C24H18ClFN2O3S2/c1-14-5-11-19(12-6-14)33(30,31)23-20(27)22(21(29)15-7-9-17(26)10-8-15)32-24(23)28-18-4-2-3-16(25)13-18/h2-13,28H,27H2,1H3. The molecule has 168 valence electrons. The largest absolute Gasteiger partial charge is 0.396 e. The molecule has 0 aliphatic heterocycles. The number of carbonyl (C=O) groups is 1. The molecule has 3 N–H and O–H groups in total. The lowest BCUT2D eigenvalue weighted by molar-refractivity contribution is 0.104. The van der Waals surface area contributed by atoms with Crippen LogP contribution in [0.4, 0.5) is 20.8 Å². The van der Waals surface area contributed by atoms with Gasteiger partial charge in [0.25, 0.3) is 0 Å². The zero-order valence-corrected chi connectivity index (χ0v) is 19.7. The van der Waals surface area contributed by atoms with Crippen molar-refractivity contribution in [3.8, 4) is 0 Å². The number of thiophene rings is 1. The number of benzene rings is 3. The van der Waals surface area contributed by atoms with Crippen molar-refractivity contribution < 1.29 is 17.6 Å². The molecule has 0 saturated carbocycles. The highest BCUT2D eigenvalue weighted by Gasteiger charge is 2.31. The molecule has 33 heavy (non-hydrogen) atoms. The molecule has 0 saturated heterocycles. The van der Waals surface area contributed by atoms with E-state index in [2.05, 4.69) is 5.32 Å². The Morgan fingerprint density at radius 1 is 1.03 bits per heavy atom. The second-order valence-corrected chi connectivity index (χ2v) is 10.6. The molecule has 0 spiro atoms. The second kappa shape index (κ2) is 8.97. The number of carbonyl (C=O) groups excluding carboxylic acids is 1. The SMILES string of the molecule is Cc1ccc(S(=O)(=O)c2c(Nc3cccc(Cl)c3)sc(C(=O)c3ccc(F)cc3)c2N)cc1. The van der Waals surface area contributed by atoms with Crippen LogP contribution >= 0.6 is 22.9 Å². The first-order chi connectivity index (χ1) is 15.7. The van der Waals surface area contributed by atoms with Crippen LogP contribution in [0, 0.1) is 12.7 Å². The van der Waals surface area contributed by atoms with Crippen molar-refractivity contribution in [2.45, 2.75) is 16.7 Å². The van der Waals surface area contributed by atoms with E-state index >= 15 is 0 Å². The summed E-state index contributed by atoms with van der Waals surface area (Å²) in [5.41, 5.74) is 7.74. The fraction of sp³-hybridized carbons (Fsp3) is 0.0417. The number of nitrogen functional groups attached to an aromatic ring is 1. The van der Waals surface area contributed by atoms with Gasteiger partial charge in [0.2, 0.25) is 15.6 Å². The third-order valence-electron chi connectivity index (χ3n) is 4.89. The molecule has 0 aliphatic rings. The first-order valence-electron chi connectivity index (χ1n) is 9.73. The highest BCUT2D eigenvalue weighted by Crippen LogP contribution is 2.44. The zero-order chi connectivity index (χ0) is 23.8. The third kappa shape index (κ3) is 4.64. The van der Waals surface area contributed by atoms with Crippen molar-refractivity contribution in [3.63, 3.8) is 0 Å². The van der Waals surface area contributed by atoms with E-state index in [9.17, 15) is 17.6 Å². The average molecular weight is 501 g/mol. The maximum atomic E-state index is 13.6. The van der Waals surface area contributed by atoms with Crippen molar-refractivity contribution in [2.24, 2.45) is 0 Å². The highest BCUT2D eigenvalue weighted by molar-refractivity contribution is 7.92. The predicted octanol–water partition coefficient (Wildman–Crippen LogP) is 6.24. The van der Waals surface area contributed by atoms with E-state index in [1.54, 1.807) is 36.4 Å². The molecule has 1 heterocycles. The molecule has 5 nitrogen and oxygen atoms in total. The predicted molar refractivity (Wildman–Crippen MR) is 130 cm³/mol. The normalized spacial score (nSPS) is 11.4. The van der Waals surface area contributed by atoms with Crippen molar-refractivity contribution in [2.75, 3.05) is 11.1 Å². The van der Waals surface area contributed by atoms with Gasteiger partial charge in [-0.2, -0.15) is 0 Å². The minimum absolute atomic E-state index is 0.0387. The van der Waals surface area contributed by atoms with Crippen LogP contribution in [0.1, 0.15) is 20.8 Å². The van der Waals surface area contributed by atoms with Crippen molar-refractivity contribution in [1.82, 2.24) is 0 Å². The summed E-state index contributed by atoms with van der Waals surface area (Å²) in [6.45, 7) is 1.85. The number of aryl methyl sites for hydroxylation is 1. The topological polar surface area (TPSA) is 89.3 Å². The fourth-order valence-corrected chi connectivity index (χ4v) is 6.34. The van der Waals surface area contributed by atoms with Gasteiger partial charge in [-0.3, -0.25) is 4.79 Å². The number of anilines is 3. The van der Waals surface area contributed by atoms with Crippen LogP contribution in [0.15, 0.2) is 82.6 Å². The van der Waals surface area contributed by atoms with Crippen molar-refractivity contribution >= 4 is 54.9 Å². The van der Waals surface area contributed by atoms with E-state index in [0.29, 0.717) is 10.7 Å². The summed E-state index contributed by atoms with van der Waals surface area (Å²) in [6.07, 6.45) is 0. The molecule has 9 heteroatoms. The first-order valence-corrected chi connectivity index (χ1v) is 12.4. The molecule has 0 atom stereocenters. The van der Waals surface area contributed by atoms with Crippen LogP contribution in [0.3, 0.4) is 0 Å². The van der Waals surface area contributed by atoms with Gasteiger partial charge in [0.1, 0.15) is 20.6 Å². The molecule has 3 aromatic carbocycles. The van der Waals surface area contributed by atoms with Gasteiger partial charge in [-0.1, -0.05) is 35.4 Å². The minimum atomic E-state index is -4.07. The lowest BCUT2D eigenvalue weighted by atomic mass is 10.1. The monoisotopic (exact) mass is 500 g/mol. The van der Waals surface area contributed by atoms with E-state index in [-0.39, 0.29) is 30.9 Å². The smallest absolute Gasteiger partial charge is 0.211 e. The Bertz CT molecular complexity index is 1450. The summed E-state index contributed by atoms with van der Waals surface area (Å²) < 4.78 is 40.4. The van der Waals surface area contributed by atoms with Crippen LogP contribution < -0.4 is 11.1 Å². The Balaban J connectivity index is 1.88. The lowest BCUT2D eigenvalue weighted by Crippen LogP contribution is -2.08. The molecular weight excluding hydrogens is 483 g/mol. The summed E-state index contributed by atoms with van der Waals surface area (Å²) in [7, 11) is -4.07. The summed E-state index contributed by atoms with van der Waals surface area (Å²) in [6, 6.07) is 18.1. The van der Waals surface area contributed by atoms with Gasteiger partial charge in [0.05, 0.1) is 10.6 Å². The summed E-state index contributed by atoms with van der Waals surface area (Å²) in [5, 5.41) is 3.68. The van der Waals surface area contributed by atoms with Crippen LogP contribution in [0.5, 0.6) is 0 Å². The van der Waals surface area contributed by atoms with Gasteiger partial charge in [0, 0.05) is 16.3 Å². The number of halogens is 2. The van der Waals surface area contributed by atoms with Gasteiger partial charge >= 0.3 is 0 Å². The zero-order valence-electron chi connectivity index (χ0n) is 17.3. The van der Waals surface area contributed by atoms with Crippen LogP contribution in [0.25, 0.3) is 0 Å². The lowest BCUT2D eigenvalue weighted by Gasteiger charge is -2.10. The molecule has 0 unspecified atom stereocenters. The van der Waals surface area contributed by atoms with E-state index in [1.807, 2.05) is 6.92 Å². The number of hydrogen-bond acceptors (Lipinski definition) is 6. The fourth-order valence-electron chi connectivity index (χ4n) is 3.21. The first kappa shape index (κ1) is 23.0. The van der Waals surface area contributed by atoms with E-state index in [1.165, 1.54) is 24.3 Å². The Hall–Kier alpha value is -3.20. The number of sulfone groups is 1. The summed E-state index contributed by atoms with van der Waals surface area (Å²) in [4.78, 5) is 13.0. The molecule has 0 aliphatic carbocycles. The maximum Gasteiger partial charge on any atom is 0.211 e. The number of nitrogens with one attached hydrogen (secondary N) is 1. The molecule has 1 aromatic heterocycles. The Kier molecular flexibility index (Phi) is 6.25. The van der Waals surface area contributed by atoms with Gasteiger partial charge < -0.3 is 11.1 Å². The number of nitrogens with two attached hydrogens (primary N) is 1. The van der Waals surface area contributed by atoms with E-state index in [0.717, 1.165) is 29.0 Å². The molecule has 0 amide bonds. The summed E-state index contributed by atoms with van der Waals surface area (Å²) in [5.74, 6) is -0.992. The average Bonchev–Trinajstić information content (AvgIpc) is 3.10. The number of ketones is 1. The van der Waals surface area contributed by atoms with E-state index < -0.39 is 21.4 Å². The molecule has 4 rings (SSSR count). The molecule has 0 fully saturated rings. The third-order valence-corrected chi connectivity index (χ3v) is 8.23. The Labute approximate surface area is 199 Å². The summed E-state index contributed by atoms with van der Waals surface area (Å²) >= 11 is 6.98. The minimum Gasteiger partial charge on any atom is -0.396 e. The van der Waals surface area contributed by atoms with Crippen LogP contribution in [-0.2, 0) is 9.84 Å². The van der Waals surface area contributed by atoms with Gasteiger partial charge in [-0.15, -0.1) is 11.3 Å². The van der Waals surface area contributed by atoms with Gasteiger partial charge in [0.15, 0.2) is 0 Å². The van der Waals surface area contributed by atoms with Crippen LogP contribution in [-0.4, -0.2) is 14.2 Å². The van der Waals surface area contributed by atoms with Crippen molar-refractivity contribution in [3.05, 3.63) is 99.6 Å². The molecular formula is C24H18ClFN2O3S2. The molecule has 0 bridgehead atoms.